The zero-order valence-electron chi connectivity index (χ0n) is 15.8. The number of aliphatic imine (C=N–C) groups is 2. The first-order valence-corrected chi connectivity index (χ1v) is 11.0. The number of amides is 1. The van der Waals surface area contributed by atoms with Crippen LogP contribution in [0.1, 0.15) is 36.8 Å². The molecule has 1 aliphatic carbocycles. The molecule has 0 radical (unpaired) electrons. The molecule has 0 bridgehead atoms. The second kappa shape index (κ2) is 7.21. The van der Waals surface area contributed by atoms with Crippen LogP contribution in [-0.2, 0) is 11.2 Å². The van der Waals surface area contributed by atoms with E-state index in [0.717, 1.165) is 47.8 Å². The summed E-state index contributed by atoms with van der Waals surface area (Å²) in [7, 11) is 0. The number of benzene rings is 2. The fourth-order valence-corrected chi connectivity index (χ4v) is 5.33. The van der Waals surface area contributed by atoms with Crippen molar-refractivity contribution < 1.29 is 4.79 Å². The van der Waals surface area contributed by atoms with Crippen LogP contribution in [-0.4, -0.2) is 34.6 Å². The highest BCUT2D eigenvalue weighted by molar-refractivity contribution is 8.16. The van der Waals surface area contributed by atoms with E-state index in [4.69, 9.17) is 9.98 Å². The molecule has 2 aliphatic heterocycles. The lowest BCUT2D eigenvalue weighted by molar-refractivity contribution is -0.116. The molecule has 2 aromatic carbocycles. The fraction of sp³-hybridized carbons (Fsp3) is 0.348. The van der Waals surface area contributed by atoms with Crippen molar-refractivity contribution in [2.45, 2.75) is 37.8 Å². The summed E-state index contributed by atoms with van der Waals surface area (Å²) >= 11 is 1.55. The van der Waals surface area contributed by atoms with E-state index in [1.165, 1.54) is 18.4 Å². The fourth-order valence-electron chi connectivity index (χ4n) is 4.38. The Balaban J connectivity index is 1.35. The smallest absolute Gasteiger partial charge is 0.237 e. The van der Waals surface area contributed by atoms with E-state index in [1.807, 2.05) is 41.3 Å². The predicted octanol–water partition coefficient (Wildman–Crippen LogP) is 4.48. The van der Waals surface area contributed by atoms with Gasteiger partial charge in [-0.1, -0.05) is 60.3 Å². The quantitative estimate of drug-likeness (QED) is 0.777. The molecule has 0 saturated heterocycles. The van der Waals surface area contributed by atoms with Gasteiger partial charge in [0.15, 0.2) is 5.66 Å². The molecule has 28 heavy (non-hydrogen) atoms. The van der Waals surface area contributed by atoms with Gasteiger partial charge >= 0.3 is 0 Å². The Labute approximate surface area is 169 Å². The van der Waals surface area contributed by atoms with Crippen molar-refractivity contribution in [2.24, 2.45) is 9.98 Å². The zero-order valence-corrected chi connectivity index (χ0v) is 16.6. The van der Waals surface area contributed by atoms with Crippen molar-refractivity contribution in [3.63, 3.8) is 0 Å². The summed E-state index contributed by atoms with van der Waals surface area (Å²) in [5.74, 6) is 0.548. The summed E-state index contributed by atoms with van der Waals surface area (Å²) in [4.78, 5) is 24.9. The Bertz CT molecular complexity index is 961. The molecule has 2 heterocycles. The van der Waals surface area contributed by atoms with Crippen LogP contribution in [0.2, 0.25) is 0 Å². The third-order valence-electron chi connectivity index (χ3n) is 5.80. The van der Waals surface area contributed by atoms with Gasteiger partial charge in [-0.2, -0.15) is 0 Å². The van der Waals surface area contributed by atoms with E-state index in [2.05, 4.69) is 18.2 Å². The first kappa shape index (κ1) is 17.7. The topological polar surface area (TPSA) is 45.0 Å². The minimum Gasteiger partial charge on any atom is -0.311 e. The maximum absolute atomic E-state index is 12.9. The largest absolute Gasteiger partial charge is 0.311 e. The molecule has 142 valence electrons. The summed E-state index contributed by atoms with van der Waals surface area (Å²) in [6, 6.07) is 18.5. The molecule has 1 fully saturated rings. The molecule has 1 saturated carbocycles. The van der Waals surface area contributed by atoms with Crippen LogP contribution in [0.4, 0.5) is 5.69 Å². The monoisotopic (exact) mass is 389 g/mol. The normalized spacial score (nSPS) is 19.6. The van der Waals surface area contributed by atoms with Gasteiger partial charge in [0.1, 0.15) is 5.04 Å². The molecular weight excluding hydrogens is 366 g/mol. The minimum atomic E-state index is -0.281. The maximum atomic E-state index is 12.9. The minimum absolute atomic E-state index is 0.150. The van der Waals surface area contributed by atoms with Gasteiger partial charge in [0.05, 0.1) is 11.5 Å². The molecule has 0 N–H and O–H groups in total. The Morgan fingerprint density at radius 1 is 1.00 bits per heavy atom. The van der Waals surface area contributed by atoms with Crippen LogP contribution in [0, 0.1) is 0 Å². The Morgan fingerprint density at radius 3 is 2.57 bits per heavy atom. The third kappa shape index (κ3) is 3.18. The Kier molecular flexibility index (Phi) is 4.55. The van der Waals surface area contributed by atoms with Gasteiger partial charge in [0.2, 0.25) is 5.91 Å². The average molecular weight is 390 g/mol. The van der Waals surface area contributed by atoms with Gasteiger partial charge < -0.3 is 4.90 Å². The number of fused-ring (bicyclic) bond motifs is 1. The van der Waals surface area contributed by atoms with Crippen molar-refractivity contribution in [3.8, 4) is 0 Å². The first-order valence-electron chi connectivity index (χ1n) is 10.0. The molecule has 1 spiro atoms. The predicted molar refractivity (Wildman–Crippen MR) is 117 cm³/mol. The standard InChI is InChI=1S/C23H23N3OS/c27-20(26-15-12-17-8-4-5-11-19(17)26)16-28-22-21(18-9-2-1-3-10-18)24-23(25-22)13-6-7-14-23/h1-5,8-11H,6-7,12-16H2. The van der Waals surface area contributed by atoms with Crippen molar-refractivity contribution >= 4 is 34.1 Å². The van der Waals surface area contributed by atoms with E-state index >= 15 is 0 Å². The highest BCUT2D eigenvalue weighted by Crippen LogP contribution is 2.40. The van der Waals surface area contributed by atoms with Crippen molar-refractivity contribution in [3.05, 3.63) is 65.7 Å². The van der Waals surface area contributed by atoms with Crippen molar-refractivity contribution in [2.75, 3.05) is 17.2 Å². The van der Waals surface area contributed by atoms with Gasteiger partial charge in [-0.25, -0.2) is 4.99 Å². The molecule has 0 unspecified atom stereocenters. The lowest BCUT2D eigenvalue weighted by atomic mass is 10.1. The third-order valence-corrected chi connectivity index (χ3v) is 6.75. The van der Waals surface area contributed by atoms with E-state index in [1.54, 1.807) is 11.8 Å². The van der Waals surface area contributed by atoms with Gasteiger partial charge in [-0.3, -0.25) is 9.79 Å². The molecule has 2 aromatic rings. The van der Waals surface area contributed by atoms with Crippen LogP contribution in [0.3, 0.4) is 0 Å². The summed E-state index contributed by atoms with van der Waals surface area (Å²) in [5.41, 5.74) is 4.09. The van der Waals surface area contributed by atoms with Crippen LogP contribution < -0.4 is 4.90 Å². The van der Waals surface area contributed by atoms with Gasteiger partial charge in [-0.05, 0) is 43.7 Å². The zero-order chi connectivity index (χ0) is 19.0. The summed E-state index contributed by atoms with van der Waals surface area (Å²) in [5, 5.41) is 0.925. The highest BCUT2D eigenvalue weighted by atomic mass is 32.2. The van der Waals surface area contributed by atoms with Gasteiger partial charge in [0, 0.05) is 17.8 Å². The summed E-state index contributed by atoms with van der Waals surface area (Å²) in [6.07, 6.45) is 5.32. The maximum Gasteiger partial charge on any atom is 0.237 e. The second-order valence-electron chi connectivity index (χ2n) is 7.65. The van der Waals surface area contributed by atoms with Crippen LogP contribution in [0.5, 0.6) is 0 Å². The van der Waals surface area contributed by atoms with E-state index < -0.39 is 0 Å². The van der Waals surface area contributed by atoms with Crippen molar-refractivity contribution in [1.29, 1.82) is 0 Å². The van der Waals surface area contributed by atoms with E-state index in [0.29, 0.717) is 5.75 Å². The van der Waals surface area contributed by atoms with Gasteiger partial charge in [0.25, 0.3) is 0 Å². The summed E-state index contributed by atoms with van der Waals surface area (Å²) in [6.45, 7) is 0.773. The van der Waals surface area contributed by atoms with E-state index in [-0.39, 0.29) is 11.6 Å². The van der Waals surface area contributed by atoms with Crippen molar-refractivity contribution in [1.82, 2.24) is 0 Å². The molecule has 0 aromatic heterocycles. The number of hydrogen-bond acceptors (Lipinski definition) is 4. The number of carbonyl (C=O) groups is 1. The number of anilines is 1. The Hall–Kier alpha value is -2.40. The van der Waals surface area contributed by atoms with Crippen LogP contribution in [0.15, 0.2) is 64.6 Å². The molecule has 5 heteroatoms. The Morgan fingerprint density at radius 2 is 1.75 bits per heavy atom. The molecule has 4 nitrogen and oxygen atoms in total. The molecule has 5 rings (SSSR count). The number of hydrogen-bond donors (Lipinski definition) is 0. The SMILES string of the molecule is O=C(CSC1=NC2(CCCC2)N=C1c1ccccc1)N1CCc2ccccc21. The van der Waals surface area contributed by atoms with Crippen LogP contribution in [0.25, 0.3) is 0 Å². The lowest BCUT2D eigenvalue weighted by Gasteiger charge is -2.17. The number of nitrogens with zero attached hydrogens (tertiary/aromatic N) is 3. The first-order chi connectivity index (χ1) is 13.7. The van der Waals surface area contributed by atoms with Crippen LogP contribution >= 0.6 is 11.8 Å². The molecule has 3 aliphatic rings. The molecule has 1 amide bonds. The lowest BCUT2D eigenvalue weighted by Crippen LogP contribution is -2.31. The molecular formula is C23H23N3OS. The summed E-state index contributed by atoms with van der Waals surface area (Å²) < 4.78 is 0. The number of carbonyl (C=O) groups excluding carboxylic acids is 1. The van der Waals surface area contributed by atoms with Gasteiger partial charge in [-0.15, -0.1) is 0 Å². The molecule has 0 atom stereocenters. The second-order valence-corrected chi connectivity index (χ2v) is 8.61. The average Bonchev–Trinajstić information content (AvgIpc) is 3.46. The number of rotatable bonds is 3. The highest BCUT2D eigenvalue weighted by Gasteiger charge is 2.39. The van der Waals surface area contributed by atoms with E-state index in [9.17, 15) is 4.79 Å². The number of para-hydroxylation sites is 1. The number of thioether (sulfide) groups is 1.